The van der Waals surface area contributed by atoms with Crippen LogP contribution < -0.4 is 31.1 Å². The van der Waals surface area contributed by atoms with E-state index in [1.807, 2.05) is 0 Å². The molecule has 1 aromatic heterocycles. The van der Waals surface area contributed by atoms with Crippen molar-refractivity contribution < 1.29 is 0 Å². The fraction of sp³-hybridized carbons (Fsp3) is 0.0400. The minimum atomic E-state index is -2.97. The van der Waals surface area contributed by atoms with Gasteiger partial charge in [0.25, 0.3) is 0 Å². The molecule has 8 aromatic carbocycles. The van der Waals surface area contributed by atoms with E-state index in [2.05, 4.69) is 218 Å². The third-order valence-electron chi connectivity index (χ3n) is 11.7. The average Bonchev–Trinajstić information content (AvgIpc) is 3.68. The van der Waals surface area contributed by atoms with Crippen LogP contribution in [0.5, 0.6) is 0 Å². The van der Waals surface area contributed by atoms with Crippen molar-refractivity contribution in [2.75, 3.05) is 0 Å². The third-order valence-corrected chi connectivity index (χ3v) is 20.1. The average molecular weight is 710 g/mol. The molecule has 0 radical (unpaired) electrons. The SMILES string of the molecule is C[Si]1(C)c2ccccc2-c2ccc(-c3cccc([Si](c4ccccc4)(c4ccccc4)c4cccc5c6ccccc6n(-c6ccccc6)c45)c3)cc21. The van der Waals surface area contributed by atoms with Crippen molar-refractivity contribution in [3.63, 3.8) is 0 Å². The highest BCUT2D eigenvalue weighted by molar-refractivity contribution is 7.20. The van der Waals surface area contributed by atoms with Gasteiger partial charge in [0.1, 0.15) is 8.07 Å². The van der Waals surface area contributed by atoms with Crippen molar-refractivity contribution in [2.45, 2.75) is 13.1 Å². The number of hydrogen-bond donors (Lipinski definition) is 0. The van der Waals surface area contributed by atoms with Gasteiger partial charge in [0.15, 0.2) is 8.07 Å². The highest BCUT2D eigenvalue weighted by Gasteiger charge is 2.44. The van der Waals surface area contributed by atoms with E-state index in [-0.39, 0.29) is 0 Å². The lowest BCUT2D eigenvalue weighted by molar-refractivity contribution is 1.18. The van der Waals surface area contributed by atoms with E-state index in [0.717, 1.165) is 0 Å². The van der Waals surface area contributed by atoms with Gasteiger partial charge in [-0.25, -0.2) is 0 Å². The fourth-order valence-corrected chi connectivity index (χ4v) is 17.4. The lowest BCUT2D eigenvalue weighted by Crippen LogP contribution is -2.75. The molecule has 0 spiro atoms. The second-order valence-corrected chi connectivity index (χ2v) is 23.0. The standard InChI is InChI=1S/C50H39NSi2/c1-52(2)47-30-15-13-27-43(47)44-33-32-37(35-49(44)52)36-18-16-25-41(34-36)53(39-21-8-4-9-22-39,40-23-10-5-11-24-40)48-31-17-28-45-42-26-12-14-29-46(42)51(50(45)48)38-19-6-3-7-20-38/h3-35H,1-2H3. The number of para-hydroxylation sites is 3. The molecule has 0 fully saturated rings. The third kappa shape index (κ3) is 4.74. The smallest absolute Gasteiger partial charge is 0.181 e. The Bertz CT molecular complexity index is 2760. The molecule has 0 aliphatic carbocycles. The number of nitrogens with zero attached hydrogens (tertiary/aromatic N) is 1. The van der Waals surface area contributed by atoms with Crippen LogP contribution in [0.4, 0.5) is 0 Å². The number of aromatic nitrogens is 1. The van der Waals surface area contributed by atoms with Gasteiger partial charge in [-0.3, -0.25) is 0 Å². The molecular formula is C50H39NSi2. The molecule has 0 atom stereocenters. The zero-order valence-corrected chi connectivity index (χ0v) is 32.0. The molecule has 0 bridgehead atoms. The van der Waals surface area contributed by atoms with Gasteiger partial charge in [-0.2, -0.15) is 0 Å². The summed E-state index contributed by atoms with van der Waals surface area (Å²) in [6.45, 7) is 5.01. The summed E-state index contributed by atoms with van der Waals surface area (Å²) in [7, 11) is -4.80. The molecule has 252 valence electrons. The Morgan fingerprint density at radius 2 is 0.981 bits per heavy atom. The first-order valence-corrected chi connectivity index (χ1v) is 23.6. The molecule has 53 heavy (non-hydrogen) atoms. The van der Waals surface area contributed by atoms with Crippen LogP contribution in [0.2, 0.25) is 13.1 Å². The first kappa shape index (κ1) is 31.7. The van der Waals surface area contributed by atoms with E-state index >= 15 is 0 Å². The quantitative estimate of drug-likeness (QED) is 0.120. The molecule has 1 aliphatic heterocycles. The predicted molar refractivity (Wildman–Crippen MR) is 232 cm³/mol. The van der Waals surface area contributed by atoms with Crippen LogP contribution in [-0.2, 0) is 0 Å². The Kier molecular flexibility index (Phi) is 7.36. The molecule has 9 aromatic rings. The topological polar surface area (TPSA) is 4.93 Å². The Labute approximate surface area is 313 Å². The molecule has 10 rings (SSSR count). The van der Waals surface area contributed by atoms with Crippen LogP contribution in [0.25, 0.3) is 49.7 Å². The highest BCUT2D eigenvalue weighted by Crippen LogP contribution is 2.34. The van der Waals surface area contributed by atoms with E-state index in [1.54, 1.807) is 5.19 Å². The summed E-state index contributed by atoms with van der Waals surface area (Å²) in [5.74, 6) is 0. The number of fused-ring (bicyclic) bond motifs is 6. The molecule has 1 aliphatic rings. The normalized spacial score (nSPS) is 13.2. The molecule has 0 N–H and O–H groups in total. The summed E-state index contributed by atoms with van der Waals surface area (Å²) in [4.78, 5) is 0. The van der Waals surface area contributed by atoms with Crippen molar-refractivity contribution in [1.29, 1.82) is 0 Å². The Morgan fingerprint density at radius 1 is 0.415 bits per heavy atom. The predicted octanol–water partition coefficient (Wildman–Crippen LogP) is 8.63. The molecule has 2 heterocycles. The Morgan fingerprint density at radius 3 is 1.74 bits per heavy atom. The summed E-state index contributed by atoms with van der Waals surface area (Å²) in [6.07, 6.45) is 0. The van der Waals surface area contributed by atoms with Crippen LogP contribution in [0.1, 0.15) is 0 Å². The summed E-state index contributed by atoms with van der Waals surface area (Å²) < 4.78 is 2.52. The Balaban J connectivity index is 1.29. The molecule has 0 saturated carbocycles. The van der Waals surface area contributed by atoms with Gasteiger partial charge in [0, 0.05) is 16.5 Å². The van der Waals surface area contributed by atoms with Gasteiger partial charge in [-0.05, 0) is 71.6 Å². The van der Waals surface area contributed by atoms with E-state index < -0.39 is 16.1 Å². The summed E-state index contributed by atoms with van der Waals surface area (Å²) in [6, 6.07) is 75.4. The monoisotopic (exact) mass is 709 g/mol. The minimum Gasteiger partial charge on any atom is -0.309 e. The first-order valence-electron chi connectivity index (χ1n) is 18.6. The van der Waals surface area contributed by atoms with Crippen molar-refractivity contribution in [3.8, 4) is 27.9 Å². The van der Waals surface area contributed by atoms with E-state index in [0.29, 0.717) is 0 Å². The molecular weight excluding hydrogens is 671 g/mol. The largest absolute Gasteiger partial charge is 0.309 e. The molecule has 0 saturated heterocycles. The van der Waals surface area contributed by atoms with Crippen LogP contribution in [0, 0.1) is 0 Å². The maximum Gasteiger partial charge on any atom is 0.181 e. The molecule has 1 nitrogen and oxygen atoms in total. The lowest BCUT2D eigenvalue weighted by Gasteiger charge is -2.35. The number of hydrogen-bond acceptors (Lipinski definition) is 0. The zero-order valence-electron chi connectivity index (χ0n) is 30.0. The minimum absolute atomic E-state index is 1.18. The van der Waals surface area contributed by atoms with Gasteiger partial charge >= 0.3 is 0 Å². The zero-order chi connectivity index (χ0) is 35.6. The van der Waals surface area contributed by atoms with Gasteiger partial charge < -0.3 is 4.57 Å². The van der Waals surface area contributed by atoms with Crippen LogP contribution in [-0.4, -0.2) is 20.7 Å². The first-order chi connectivity index (χ1) is 26.1. The van der Waals surface area contributed by atoms with Crippen molar-refractivity contribution in [2.24, 2.45) is 0 Å². The molecule has 0 unspecified atom stereocenters. The van der Waals surface area contributed by atoms with Crippen molar-refractivity contribution in [1.82, 2.24) is 4.57 Å². The van der Waals surface area contributed by atoms with E-state index in [9.17, 15) is 0 Å². The second-order valence-electron chi connectivity index (χ2n) is 14.9. The maximum atomic E-state index is 2.53. The maximum absolute atomic E-state index is 2.97. The van der Waals surface area contributed by atoms with E-state index in [4.69, 9.17) is 0 Å². The van der Waals surface area contributed by atoms with Crippen LogP contribution in [0.15, 0.2) is 200 Å². The van der Waals surface area contributed by atoms with E-state index in [1.165, 1.54) is 75.7 Å². The van der Waals surface area contributed by atoms with Crippen LogP contribution in [0.3, 0.4) is 0 Å². The van der Waals surface area contributed by atoms with Gasteiger partial charge in [-0.1, -0.05) is 195 Å². The van der Waals surface area contributed by atoms with Gasteiger partial charge in [-0.15, -0.1) is 0 Å². The van der Waals surface area contributed by atoms with Crippen molar-refractivity contribution in [3.05, 3.63) is 200 Å². The number of benzene rings is 8. The number of rotatable bonds is 6. The molecule has 0 amide bonds. The Hall–Kier alpha value is -6.01. The highest BCUT2D eigenvalue weighted by atomic mass is 28.3. The van der Waals surface area contributed by atoms with Crippen molar-refractivity contribution >= 4 is 69.1 Å². The van der Waals surface area contributed by atoms with Gasteiger partial charge in [0.2, 0.25) is 0 Å². The fourth-order valence-electron chi connectivity index (χ4n) is 9.33. The second kappa shape index (κ2) is 12.3. The summed E-state index contributed by atoms with van der Waals surface area (Å²) in [5, 5.41) is 11.2. The summed E-state index contributed by atoms with van der Waals surface area (Å²) in [5.41, 5.74) is 9.08. The lowest BCUT2D eigenvalue weighted by atomic mass is 10.0. The van der Waals surface area contributed by atoms with Crippen LogP contribution >= 0.6 is 0 Å². The van der Waals surface area contributed by atoms with Gasteiger partial charge in [0.05, 0.1) is 11.0 Å². The summed E-state index contributed by atoms with van der Waals surface area (Å²) >= 11 is 0. The molecule has 3 heteroatoms.